The molecule has 1 aliphatic carbocycles. The molecule has 0 unspecified atom stereocenters. The Labute approximate surface area is 111 Å². The number of amides is 1. The Morgan fingerprint density at radius 3 is 2.56 bits per heavy atom. The second-order valence-electron chi connectivity index (χ2n) is 5.68. The largest absolute Gasteiger partial charge is 0.342 e. The highest BCUT2D eigenvalue weighted by atomic mass is 16.2. The third-order valence-corrected chi connectivity index (χ3v) is 4.32. The van der Waals surface area contributed by atoms with Crippen molar-refractivity contribution in [3.63, 3.8) is 0 Å². The normalized spacial score (nSPS) is 21.1. The fourth-order valence-corrected chi connectivity index (χ4v) is 3.06. The van der Waals surface area contributed by atoms with Gasteiger partial charge in [0.15, 0.2) is 0 Å². The van der Waals surface area contributed by atoms with Crippen LogP contribution in [0.2, 0.25) is 0 Å². The molecule has 0 radical (unpaired) electrons. The molecular formula is C14H27N3O. The predicted molar refractivity (Wildman–Crippen MR) is 73.6 cm³/mol. The van der Waals surface area contributed by atoms with E-state index in [4.69, 9.17) is 0 Å². The first-order chi connectivity index (χ1) is 8.77. The molecule has 104 valence electrons. The highest BCUT2D eigenvalue weighted by molar-refractivity contribution is 5.78. The van der Waals surface area contributed by atoms with Crippen molar-refractivity contribution in [2.75, 3.05) is 39.8 Å². The molecule has 0 aromatic heterocycles. The second-order valence-corrected chi connectivity index (χ2v) is 5.68. The molecule has 2 aliphatic rings. The van der Waals surface area contributed by atoms with Crippen LogP contribution < -0.4 is 5.32 Å². The summed E-state index contributed by atoms with van der Waals surface area (Å²) in [5.74, 6) is 0.274. The van der Waals surface area contributed by atoms with Gasteiger partial charge in [0.1, 0.15) is 0 Å². The fourth-order valence-electron chi connectivity index (χ4n) is 3.06. The van der Waals surface area contributed by atoms with Gasteiger partial charge in [0.25, 0.3) is 0 Å². The molecule has 0 aromatic rings. The Bertz CT molecular complexity index is 258. The van der Waals surface area contributed by atoms with E-state index in [0.717, 1.165) is 32.2 Å². The van der Waals surface area contributed by atoms with Crippen molar-refractivity contribution in [2.45, 2.75) is 44.6 Å². The summed E-state index contributed by atoms with van der Waals surface area (Å²) >= 11 is 0. The summed E-state index contributed by atoms with van der Waals surface area (Å²) in [7, 11) is 2.21. The minimum atomic E-state index is 0.274. The van der Waals surface area contributed by atoms with E-state index in [1.807, 2.05) is 4.90 Å². The van der Waals surface area contributed by atoms with Crippen LogP contribution in [-0.2, 0) is 4.79 Å². The van der Waals surface area contributed by atoms with Crippen LogP contribution in [0, 0.1) is 0 Å². The van der Waals surface area contributed by atoms with E-state index in [2.05, 4.69) is 17.3 Å². The summed E-state index contributed by atoms with van der Waals surface area (Å²) in [6, 6.07) is 0.779. The van der Waals surface area contributed by atoms with Gasteiger partial charge in [-0.1, -0.05) is 12.8 Å². The molecule has 2 rings (SSSR count). The van der Waals surface area contributed by atoms with Crippen LogP contribution in [0.1, 0.15) is 38.5 Å². The van der Waals surface area contributed by atoms with Gasteiger partial charge in [-0.3, -0.25) is 4.79 Å². The first-order valence-electron chi connectivity index (χ1n) is 7.46. The topological polar surface area (TPSA) is 35.6 Å². The minimum Gasteiger partial charge on any atom is -0.342 e. The Balaban J connectivity index is 1.53. The average molecular weight is 253 g/mol. The average Bonchev–Trinajstić information content (AvgIpc) is 3.05. The number of likely N-dealkylation sites (tertiary alicyclic amines) is 1. The van der Waals surface area contributed by atoms with Gasteiger partial charge in [-0.2, -0.15) is 0 Å². The van der Waals surface area contributed by atoms with Crippen molar-refractivity contribution in [1.29, 1.82) is 0 Å². The number of likely N-dealkylation sites (N-methyl/N-ethyl adjacent to an activating group) is 1. The number of nitrogens with one attached hydrogen (secondary N) is 1. The zero-order valence-electron chi connectivity index (χ0n) is 11.7. The SMILES string of the molecule is CN(CCNCC(=O)N1CCCC1)C1CCCC1. The molecule has 0 bridgehead atoms. The molecule has 1 saturated heterocycles. The number of carbonyl (C=O) groups excluding carboxylic acids is 1. The standard InChI is InChI=1S/C14H27N3O/c1-16(13-6-2-3-7-13)11-8-15-12-14(18)17-9-4-5-10-17/h13,15H,2-12H2,1H3. The van der Waals surface area contributed by atoms with Gasteiger partial charge >= 0.3 is 0 Å². The quantitative estimate of drug-likeness (QED) is 0.719. The molecule has 1 N–H and O–H groups in total. The smallest absolute Gasteiger partial charge is 0.236 e. The van der Waals surface area contributed by atoms with Gasteiger partial charge in [0.2, 0.25) is 5.91 Å². The van der Waals surface area contributed by atoms with E-state index >= 15 is 0 Å². The van der Waals surface area contributed by atoms with E-state index in [1.54, 1.807) is 0 Å². The first kappa shape index (κ1) is 13.8. The zero-order valence-corrected chi connectivity index (χ0v) is 11.7. The van der Waals surface area contributed by atoms with Crippen LogP contribution in [-0.4, -0.2) is 61.5 Å². The monoisotopic (exact) mass is 253 g/mol. The first-order valence-corrected chi connectivity index (χ1v) is 7.46. The minimum absolute atomic E-state index is 0.274. The van der Waals surface area contributed by atoms with Crippen molar-refractivity contribution >= 4 is 5.91 Å². The molecule has 4 nitrogen and oxygen atoms in total. The third-order valence-electron chi connectivity index (χ3n) is 4.32. The Morgan fingerprint density at radius 1 is 1.22 bits per heavy atom. The summed E-state index contributed by atoms with van der Waals surface area (Å²) < 4.78 is 0. The Hall–Kier alpha value is -0.610. The molecule has 0 atom stereocenters. The maximum absolute atomic E-state index is 11.8. The molecular weight excluding hydrogens is 226 g/mol. The number of nitrogens with zero attached hydrogens (tertiary/aromatic N) is 2. The van der Waals surface area contributed by atoms with Crippen molar-refractivity contribution in [2.24, 2.45) is 0 Å². The van der Waals surface area contributed by atoms with Crippen LogP contribution in [0.5, 0.6) is 0 Å². The molecule has 1 saturated carbocycles. The Morgan fingerprint density at radius 2 is 1.89 bits per heavy atom. The van der Waals surface area contributed by atoms with Gasteiger partial charge in [-0.25, -0.2) is 0 Å². The van der Waals surface area contributed by atoms with Crippen LogP contribution in [0.25, 0.3) is 0 Å². The Kier molecular flexibility index (Phi) is 5.45. The van der Waals surface area contributed by atoms with Crippen LogP contribution in [0.4, 0.5) is 0 Å². The lowest BCUT2D eigenvalue weighted by atomic mass is 10.2. The van der Waals surface area contributed by atoms with Gasteiger partial charge < -0.3 is 15.1 Å². The van der Waals surface area contributed by atoms with Crippen molar-refractivity contribution in [3.05, 3.63) is 0 Å². The van der Waals surface area contributed by atoms with Gasteiger partial charge in [-0.05, 0) is 32.7 Å². The van der Waals surface area contributed by atoms with Crippen LogP contribution in [0.3, 0.4) is 0 Å². The number of carbonyl (C=O) groups is 1. The van der Waals surface area contributed by atoms with E-state index < -0.39 is 0 Å². The molecule has 1 aliphatic heterocycles. The molecule has 0 spiro atoms. The number of rotatable bonds is 6. The summed E-state index contributed by atoms with van der Waals surface area (Å²) in [5, 5.41) is 3.28. The maximum atomic E-state index is 11.8. The highest BCUT2D eigenvalue weighted by Gasteiger charge is 2.19. The number of hydrogen-bond acceptors (Lipinski definition) is 3. The lowest BCUT2D eigenvalue weighted by Gasteiger charge is -2.24. The molecule has 4 heteroatoms. The van der Waals surface area contributed by atoms with Crippen molar-refractivity contribution in [1.82, 2.24) is 15.1 Å². The van der Waals surface area contributed by atoms with Crippen molar-refractivity contribution < 1.29 is 4.79 Å². The van der Waals surface area contributed by atoms with Crippen molar-refractivity contribution in [3.8, 4) is 0 Å². The van der Waals surface area contributed by atoms with Crippen LogP contribution >= 0.6 is 0 Å². The van der Waals surface area contributed by atoms with Gasteiger partial charge in [-0.15, -0.1) is 0 Å². The molecule has 1 amide bonds. The fraction of sp³-hybridized carbons (Fsp3) is 0.929. The lowest BCUT2D eigenvalue weighted by Crippen LogP contribution is -2.40. The second kappa shape index (κ2) is 7.10. The predicted octanol–water partition coefficient (Wildman–Crippen LogP) is 1.07. The summed E-state index contributed by atoms with van der Waals surface area (Å²) in [5.41, 5.74) is 0. The lowest BCUT2D eigenvalue weighted by molar-refractivity contribution is -0.129. The maximum Gasteiger partial charge on any atom is 0.236 e. The van der Waals surface area contributed by atoms with E-state index in [0.29, 0.717) is 6.54 Å². The summed E-state index contributed by atoms with van der Waals surface area (Å²) in [6.07, 6.45) is 7.82. The number of hydrogen-bond donors (Lipinski definition) is 1. The third kappa shape index (κ3) is 3.95. The van der Waals surface area contributed by atoms with E-state index in [9.17, 15) is 4.79 Å². The zero-order chi connectivity index (χ0) is 12.8. The van der Waals surface area contributed by atoms with Gasteiger partial charge in [0, 0.05) is 32.2 Å². The molecule has 1 heterocycles. The van der Waals surface area contributed by atoms with E-state index in [1.165, 1.54) is 38.5 Å². The van der Waals surface area contributed by atoms with Gasteiger partial charge in [0.05, 0.1) is 6.54 Å². The molecule has 0 aromatic carbocycles. The van der Waals surface area contributed by atoms with E-state index in [-0.39, 0.29) is 5.91 Å². The molecule has 18 heavy (non-hydrogen) atoms. The summed E-state index contributed by atoms with van der Waals surface area (Å²) in [4.78, 5) is 16.2. The molecule has 2 fully saturated rings. The highest BCUT2D eigenvalue weighted by Crippen LogP contribution is 2.21. The summed E-state index contributed by atoms with van der Waals surface area (Å²) in [6.45, 7) is 4.41. The van der Waals surface area contributed by atoms with Crippen LogP contribution in [0.15, 0.2) is 0 Å².